The van der Waals surface area contributed by atoms with Gasteiger partial charge in [0.1, 0.15) is 24.4 Å². The van der Waals surface area contributed by atoms with Gasteiger partial charge >= 0.3 is 5.97 Å². The topological polar surface area (TPSA) is 139 Å². The molecule has 1 heterocycles. The second kappa shape index (κ2) is 7.55. The van der Waals surface area contributed by atoms with Crippen LogP contribution in [0.5, 0.6) is 0 Å². The molecule has 1 rings (SSSR count). The smallest absolute Gasteiger partial charge is 0.320 e. The largest absolute Gasteiger partial charge is 0.480 e. The molecule has 0 aromatic carbocycles. The Hall–Kier alpha value is -0.420. The van der Waals surface area contributed by atoms with E-state index in [0.717, 1.165) is 0 Å². The van der Waals surface area contributed by atoms with Crippen molar-refractivity contribution in [2.24, 2.45) is 0 Å². The van der Waals surface area contributed by atoms with Gasteiger partial charge in [0.2, 0.25) is 0 Å². The van der Waals surface area contributed by atoms with Crippen molar-refractivity contribution in [2.45, 2.75) is 36.5 Å². The van der Waals surface area contributed by atoms with Crippen molar-refractivity contribution in [2.75, 3.05) is 25.2 Å². The van der Waals surface area contributed by atoms with Crippen molar-refractivity contribution >= 4 is 17.7 Å². The highest BCUT2D eigenvalue weighted by Gasteiger charge is 2.54. The third kappa shape index (κ3) is 3.61. The fourth-order valence-corrected chi connectivity index (χ4v) is 2.59. The summed E-state index contributed by atoms with van der Waals surface area (Å²) in [7, 11) is 0. The van der Waals surface area contributed by atoms with E-state index >= 15 is 0 Å². The van der Waals surface area contributed by atoms with E-state index in [1.807, 2.05) is 6.26 Å². The summed E-state index contributed by atoms with van der Waals surface area (Å²) in [6.07, 6.45) is -1.95. The molecule has 9 heteroatoms. The zero-order valence-electron chi connectivity index (χ0n) is 11.1. The molecule has 0 saturated carbocycles. The van der Waals surface area contributed by atoms with Crippen LogP contribution in [0.1, 0.15) is 6.42 Å². The fraction of sp³-hybridized carbons (Fsp3) is 0.909. The van der Waals surface area contributed by atoms with Crippen LogP contribution in [-0.2, 0) is 9.53 Å². The van der Waals surface area contributed by atoms with Gasteiger partial charge < -0.3 is 30.3 Å². The molecule has 1 aliphatic heterocycles. The number of ether oxygens (including phenoxy) is 1. The summed E-state index contributed by atoms with van der Waals surface area (Å²) in [6, 6.07) is -1.05. The molecule has 0 spiro atoms. The minimum absolute atomic E-state index is 0.258. The van der Waals surface area contributed by atoms with Crippen molar-refractivity contribution in [3.63, 3.8) is 0 Å². The first-order valence-corrected chi connectivity index (χ1v) is 7.56. The van der Waals surface area contributed by atoms with Crippen molar-refractivity contribution in [1.82, 2.24) is 5.32 Å². The summed E-state index contributed by atoms with van der Waals surface area (Å²) in [4.78, 5) is 11.2. The molecule has 6 N–H and O–H groups in total. The number of hydrogen-bond acceptors (Lipinski definition) is 8. The van der Waals surface area contributed by atoms with Gasteiger partial charge in [0.15, 0.2) is 5.72 Å². The van der Waals surface area contributed by atoms with Crippen molar-refractivity contribution in [1.29, 1.82) is 0 Å². The lowest BCUT2D eigenvalue weighted by Gasteiger charge is -2.34. The SMILES string of the molecule is CSCCC(NC1(CO)OC(CO)C(O)C1O)C(=O)O. The Morgan fingerprint density at radius 1 is 1.45 bits per heavy atom. The lowest BCUT2D eigenvalue weighted by Crippen LogP contribution is -2.62. The molecule has 8 nitrogen and oxygen atoms in total. The van der Waals surface area contributed by atoms with Gasteiger partial charge in [0, 0.05) is 0 Å². The summed E-state index contributed by atoms with van der Waals surface area (Å²) in [5, 5.41) is 49.8. The van der Waals surface area contributed by atoms with E-state index in [4.69, 9.17) is 14.9 Å². The van der Waals surface area contributed by atoms with Crippen LogP contribution in [-0.4, -0.2) is 86.8 Å². The summed E-state index contributed by atoms with van der Waals surface area (Å²) < 4.78 is 5.25. The van der Waals surface area contributed by atoms with Gasteiger partial charge in [-0.3, -0.25) is 10.1 Å². The normalized spacial score (nSPS) is 35.1. The molecule has 20 heavy (non-hydrogen) atoms. The van der Waals surface area contributed by atoms with Crippen LogP contribution in [0.3, 0.4) is 0 Å². The van der Waals surface area contributed by atoms with Crippen LogP contribution in [0.4, 0.5) is 0 Å². The highest BCUT2D eigenvalue weighted by molar-refractivity contribution is 7.98. The molecular weight excluding hydrogens is 290 g/mol. The van der Waals surface area contributed by atoms with Gasteiger partial charge in [-0.05, 0) is 18.4 Å². The van der Waals surface area contributed by atoms with Gasteiger partial charge in [0.25, 0.3) is 0 Å². The Balaban J connectivity index is 2.85. The summed E-state index contributed by atoms with van der Waals surface area (Å²) in [5.74, 6) is -0.585. The average Bonchev–Trinajstić information content (AvgIpc) is 2.68. The molecule has 1 aliphatic rings. The van der Waals surface area contributed by atoms with Crippen molar-refractivity contribution < 1.29 is 35.1 Å². The number of aliphatic carboxylic acids is 1. The van der Waals surface area contributed by atoms with E-state index in [0.29, 0.717) is 5.75 Å². The zero-order valence-corrected chi connectivity index (χ0v) is 11.9. The number of carboxylic acids is 1. The maximum atomic E-state index is 11.2. The van der Waals surface area contributed by atoms with E-state index < -0.39 is 49.3 Å². The van der Waals surface area contributed by atoms with Crippen LogP contribution in [0.2, 0.25) is 0 Å². The van der Waals surface area contributed by atoms with E-state index in [9.17, 15) is 20.1 Å². The van der Waals surface area contributed by atoms with Crippen LogP contribution in [0, 0.1) is 0 Å². The van der Waals surface area contributed by atoms with E-state index in [1.165, 1.54) is 11.8 Å². The lowest BCUT2D eigenvalue weighted by atomic mass is 10.0. The number of aliphatic hydroxyl groups is 4. The molecule has 1 saturated heterocycles. The predicted octanol–water partition coefficient (Wildman–Crippen LogP) is -2.42. The van der Waals surface area contributed by atoms with E-state index in [2.05, 4.69) is 5.32 Å². The summed E-state index contributed by atoms with van der Waals surface area (Å²) in [6.45, 7) is -1.28. The molecule has 0 bridgehead atoms. The Kier molecular flexibility index (Phi) is 6.65. The molecule has 0 aliphatic carbocycles. The quantitative estimate of drug-likeness (QED) is 0.289. The fourth-order valence-electron chi connectivity index (χ4n) is 2.12. The third-order valence-electron chi connectivity index (χ3n) is 3.29. The third-order valence-corrected chi connectivity index (χ3v) is 3.93. The van der Waals surface area contributed by atoms with Gasteiger partial charge in [-0.2, -0.15) is 11.8 Å². The van der Waals surface area contributed by atoms with Gasteiger partial charge in [-0.1, -0.05) is 0 Å². The number of nitrogens with one attached hydrogen (secondary N) is 1. The average molecular weight is 311 g/mol. The minimum atomic E-state index is -1.80. The first-order chi connectivity index (χ1) is 9.41. The summed E-state index contributed by atoms with van der Waals surface area (Å²) >= 11 is 1.46. The maximum Gasteiger partial charge on any atom is 0.320 e. The standard InChI is InChI=1S/C11H21NO7S/c1-20-3-2-6(10(17)18)12-11(5-14)9(16)8(15)7(4-13)19-11/h6-9,12-16H,2-5H2,1H3,(H,17,18). The first-order valence-electron chi connectivity index (χ1n) is 6.17. The van der Waals surface area contributed by atoms with E-state index in [-0.39, 0.29) is 6.42 Å². The monoisotopic (exact) mass is 311 g/mol. The van der Waals surface area contributed by atoms with Crippen molar-refractivity contribution in [3.05, 3.63) is 0 Å². The van der Waals surface area contributed by atoms with Gasteiger partial charge in [-0.25, -0.2) is 0 Å². The lowest BCUT2D eigenvalue weighted by molar-refractivity contribution is -0.158. The van der Waals surface area contributed by atoms with E-state index in [1.54, 1.807) is 0 Å². The maximum absolute atomic E-state index is 11.2. The van der Waals surface area contributed by atoms with Crippen molar-refractivity contribution in [3.8, 4) is 0 Å². The highest BCUT2D eigenvalue weighted by Crippen LogP contribution is 2.29. The molecule has 1 fully saturated rings. The molecule has 0 amide bonds. The molecule has 0 aromatic heterocycles. The number of hydrogen-bond donors (Lipinski definition) is 6. The number of carbonyl (C=O) groups is 1. The number of thioether (sulfide) groups is 1. The second-order valence-corrected chi connectivity index (χ2v) is 5.62. The molecule has 118 valence electrons. The number of carboxylic acid groups (broad SMARTS) is 1. The second-order valence-electron chi connectivity index (χ2n) is 4.64. The zero-order chi connectivity index (χ0) is 15.3. The number of aliphatic hydroxyl groups excluding tert-OH is 4. The summed E-state index contributed by atoms with van der Waals surface area (Å²) in [5.41, 5.74) is -1.80. The minimum Gasteiger partial charge on any atom is -0.480 e. The van der Waals surface area contributed by atoms with Crippen LogP contribution >= 0.6 is 11.8 Å². The van der Waals surface area contributed by atoms with Gasteiger partial charge in [0.05, 0.1) is 13.2 Å². The van der Waals surface area contributed by atoms with Crippen LogP contribution in [0.15, 0.2) is 0 Å². The Bertz CT molecular complexity index is 332. The first kappa shape index (κ1) is 17.6. The molecule has 0 radical (unpaired) electrons. The van der Waals surface area contributed by atoms with Crippen LogP contribution < -0.4 is 5.32 Å². The molecule has 5 unspecified atom stereocenters. The van der Waals surface area contributed by atoms with Crippen LogP contribution in [0.25, 0.3) is 0 Å². The predicted molar refractivity (Wildman–Crippen MR) is 71.3 cm³/mol. The Morgan fingerprint density at radius 2 is 2.10 bits per heavy atom. The molecule has 0 aromatic rings. The Labute approximate surface area is 120 Å². The highest BCUT2D eigenvalue weighted by atomic mass is 32.2. The Morgan fingerprint density at radius 3 is 2.50 bits per heavy atom. The molecule has 5 atom stereocenters. The molecular formula is C11H21NO7S. The van der Waals surface area contributed by atoms with Gasteiger partial charge in [-0.15, -0.1) is 0 Å². The number of rotatable bonds is 8.